The van der Waals surface area contributed by atoms with Gasteiger partial charge in [-0.15, -0.1) is 6.42 Å². The van der Waals surface area contributed by atoms with Crippen molar-refractivity contribution in [2.24, 2.45) is 0 Å². The summed E-state index contributed by atoms with van der Waals surface area (Å²) in [4.78, 5) is 0. The molecule has 0 N–H and O–H groups in total. The topological polar surface area (TPSA) is 0 Å². The van der Waals surface area contributed by atoms with E-state index in [2.05, 4.69) is 5.92 Å². The van der Waals surface area contributed by atoms with Crippen molar-refractivity contribution in [2.45, 2.75) is 13.8 Å². The molecule has 0 nitrogen and oxygen atoms in total. The van der Waals surface area contributed by atoms with Crippen LogP contribution >= 0.6 is 0 Å². The van der Waals surface area contributed by atoms with E-state index >= 15 is 0 Å². The SMILES string of the molecule is C#C/C(C)=C\C. The monoisotopic (exact) mass is 80.1 g/mol. The second-order valence-corrected chi connectivity index (χ2v) is 1.12. The zero-order valence-corrected chi connectivity index (χ0v) is 4.15. The summed E-state index contributed by atoms with van der Waals surface area (Å²) in [5.41, 5.74) is 0.995. The van der Waals surface area contributed by atoms with Gasteiger partial charge in [-0.25, -0.2) is 0 Å². The Hall–Kier alpha value is -0.700. The van der Waals surface area contributed by atoms with Crippen molar-refractivity contribution < 1.29 is 0 Å². The smallest absolute Gasteiger partial charge is 0.00561 e. The maximum Gasteiger partial charge on any atom is -0.00561 e. The summed E-state index contributed by atoms with van der Waals surface area (Å²) < 4.78 is 0. The minimum absolute atomic E-state index is 0.995. The van der Waals surface area contributed by atoms with Crippen LogP contribution in [-0.2, 0) is 0 Å². The molecule has 32 valence electrons. The summed E-state index contributed by atoms with van der Waals surface area (Å²) in [6.45, 7) is 3.83. The lowest BCUT2D eigenvalue weighted by Gasteiger charge is -1.74. The Bertz CT molecular complexity index is 91.1. The molecule has 0 aromatic rings. The molecule has 0 aliphatic rings. The molecule has 0 unspecified atom stereocenters. The Balaban J connectivity index is 3.61. The fraction of sp³-hybridized carbons (Fsp3) is 0.333. The quantitative estimate of drug-likeness (QED) is 0.387. The van der Waals surface area contributed by atoms with Crippen LogP contribution in [0.25, 0.3) is 0 Å². The Morgan fingerprint density at radius 1 is 1.83 bits per heavy atom. The van der Waals surface area contributed by atoms with Gasteiger partial charge in [-0.05, 0) is 19.4 Å². The van der Waals surface area contributed by atoms with E-state index in [0.29, 0.717) is 0 Å². The molecule has 0 aliphatic heterocycles. The summed E-state index contributed by atoms with van der Waals surface area (Å²) in [5, 5.41) is 0. The minimum atomic E-state index is 0.995. The number of allylic oxidation sites excluding steroid dienone is 2. The van der Waals surface area contributed by atoms with Crippen molar-refractivity contribution in [2.75, 3.05) is 0 Å². The summed E-state index contributed by atoms with van der Waals surface area (Å²) in [7, 11) is 0. The predicted molar refractivity (Wildman–Crippen MR) is 28.3 cm³/mol. The second kappa shape index (κ2) is 2.53. The van der Waals surface area contributed by atoms with Crippen molar-refractivity contribution in [1.82, 2.24) is 0 Å². The van der Waals surface area contributed by atoms with Gasteiger partial charge in [0.1, 0.15) is 0 Å². The van der Waals surface area contributed by atoms with Crippen molar-refractivity contribution in [3.63, 3.8) is 0 Å². The maximum atomic E-state index is 4.96. The summed E-state index contributed by atoms with van der Waals surface area (Å²) in [6, 6.07) is 0. The van der Waals surface area contributed by atoms with Crippen LogP contribution in [0.2, 0.25) is 0 Å². The highest BCUT2D eigenvalue weighted by Gasteiger charge is 1.66. The first-order valence-corrected chi connectivity index (χ1v) is 1.90. The molecule has 0 aliphatic carbocycles. The van der Waals surface area contributed by atoms with E-state index in [1.165, 1.54) is 0 Å². The zero-order chi connectivity index (χ0) is 4.99. The highest BCUT2D eigenvalue weighted by atomic mass is 13.7. The third-order valence-electron chi connectivity index (χ3n) is 0.661. The van der Waals surface area contributed by atoms with Gasteiger partial charge in [-0.1, -0.05) is 12.0 Å². The first kappa shape index (κ1) is 5.30. The van der Waals surface area contributed by atoms with Crippen molar-refractivity contribution in [1.29, 1.82) is 0 Å². The Labute approximate surface area is 38.9 Å². The molecule has 0 saturated carbocycles. The van der Waals surface area contributed by atoms with Crippen LogP contribution in [0.5, 0.6) is 0 Å². The van der Waals surface area contributed by atoms with Gasteiger partial charge < -0.3 is 0 Å². The van der Waals surface area contributed by atoms with E-state index in [1.807, 2.05) is 19.9 Å². The molecule has 0 heterocycles. The highest BCUT2D eigenvalue weighted by molar-refractivity contribution is 5.21. The molecule has 0 spiro atoms. The lowest BCUT2D eigenvalue weighted by Crippen LogP contribution is -1.58. The van der Waals surface area contributed by atoms with Crippen molar-refractivity contribution in [3.05, 3.63) is 11.6 Å². The fourth-order valence-electron chi connectivity index (χ4n) is 0.0833. The average Bonchev–Trinajstić information content (AvgIpc) is 1.65. The van der Waals surface area contributed by atoms with Gasteiger partial charge in [0.05, 0.1) is 0 Å². The van der Waals surface area contributed by atoms with Gasteiger partial charge in [-0.2, -0.15) is 0 Å². The molecule has 0 aromatic heterocycles. The van der Waals surface area contributed by atoms with Crippen LogP contribution < -0.4 is 0 Å². The third kappa shape index (κ3) is 1.60. The molecule has 0 bridgehead atoms. The molecule has 6 heavy (non-hydrogen) atoms. The lowest BCUT2D eigenvalue weighted by atomic mass is 10.3. The van der Waals surface area contributed by atoms with E-state index in [1.54, 1.807) is 0 Å². The van der Waals surface area contributed by atoms with Crippen molar-refractivity contribution in [3.8, 4) is 12.3 Å². The van der Waals surface area contributed by atoms with E-state index in [0.717, 1.165) is 5.57 Å². The molecule has 0 fully saturated rings. The number of hydrogen-bond acceptors (Lipinski definition) is 0. The van der Waals surface area contributed by atoms with Gasteiger partial charge in [-0.3, -0.25) is 0 Å². The molecular weight excluding hydrogens is 72.1 g/mol. The molecule has 0 heteroatoms. The zero-order valence-electron chi connectivity index (χ0n) is 4.15. The fourth-order valence-corrected chi connectivity index (χ4v) is 0.0833. The Morgan fingerprint density at radius 3 is 2.33 bits per heavy atom. The largest absolute Gasteiger partial charge is 0.115 e. The van der Waals surface area contributed by atoms with Gasteiger partial charge in [0.15, 0.2) is 0 Å². The van der Waals surface area contributed by atoms with Gasteiger partial charge in [0.25, 0.3) is 0 Å². The molecular formula is C6H8. The van der Waals surface area contributed by atoms with E-state index in [-0.39, 0.29) is 0 Å². The van der Waals surface area contributed by atoms with Gasteiger partial charge in [0, 0.05) is 0 Å². The summed E-state index contributed by atoms with van der Waals surface area (Å²) in [6.07, 6.45) is 6.87. The van der Waals surface area contributed by atoms with Crippen LogP contribution in [0.4, 0.5) is 0 Å². The van der Waals surface area contributed by atoms with Crippen LogP contribution in [0.1, 0.15) is 13.8 Å². The predicted octanol–water partition coefficient (Wildman–Crippen LogP) is 1.59. The number of rotatable bonds is 0. The van der Waals surface area contributed by atoms with Crippen molar-refractivity contribution >= 4 is 0 Å². The van der Waals surface area contributed by atoms with Gasteiger partial charge in [0.2, 0.25) is 0 Å². The first-order valence-electron chi connectivity index (χ1n) is 1.90. The number of hydrogen-bond donors (Lipinski definition) is 0. The highest BCUT2D eigenvalue weighted by Crippen LogP contribution is 1.83. The lowest BCUT2D eigenvalue weighted by molar-refractivity contribution is 1.52. The Kier molecular flexibility index (Phi) is 2.24. The average molecular weight is 80.1 g/mol. The maximum absolute atomic E-state index is 4.96. The standard InChI is InChI=1S/C6H8/c1-4-6(3)5-2/h1,5H,2-3H3/b6-5-. The van der Waals surface area contributed by atoms with E-state index in [4.69, 9.17) is 6.42 Å². The normalized spacial score (nSPS) is 10.5. The molecule has 0 saturated heterocycles. The minimum Gasteiger partial charge on any atom is -0.115 e. The summed E-state index contributed by atoms with van der Waals surface area (Å²) >= 11 is 0. The molecule has 0 radical (unpaired) electrons. The van der Waals surface area contributed by atoms with E-state index in [9.17, 15) is 0 Å². The van der Waals surface area contributed by atoms with Crippen LogP contribution in [0.3, 0.4) is 0 Å². The van der Waals surface area contributed by atoms with Gasteiger partial charge >= 0.3 is 0 Å². The molecule has 0 amide bonds. The van der Waals surface area contributed by atoms with E-state index < -0.39 is 0 Å². The Morgan fingerprint density at radius 2 is 2.33 bits per heavy atom. The second-order valence-electron chi connectivity index (χ2n) is 1.12. The number of terminal acetylenes is 1. The molecule has 0 aromatic carbocycles. The van der Waals surface area contributed by atoms with Crippen LogP contribution in [-0.4, -0.2) is 0 Å². The molecule has 0 rings (SSSR count). The third-order valence-corrected chi connectivity index (χ3v) is 0.661. The van der Waals surface area contributed by atoms with Crippen LogP contribution in [0.15, 0.2) is 11.6 Å². The molecule has 0 atom stereocenters. The summed E-state index contributed by atoms with van der Waals surface area (Å²) in [5.74, 6) is 2.48. The van der Waals surface area contributed by atoms with Crippen LogP contribution in [0, 0.1) is 12.3 Å². The first-order chi connectivity index (χ1) is 2.81.